The molecule has 0 aliphatic heterocycles. The molecule has 0 saturated heterocycles. The van der Waals surface area contributed by atoms with E-state index in [-0.39, 0.29) is 11.4 Å². The SMILES string of the molecule is CCCC(C)(C)n1c(N)nc2cc(F)c(Br)cc21. The van der Waals surface area contributed by atoms with E-state index in [1.807, 2.05) is 4.57 Å². The Bertz CT molecular complexity index is 589. The zero-order valence-electron chi connectivity index (χ0n) is 10.8. The van der Waals surface area contributed by atoms with Gasteiger partial charge in [0.15, 0.2) is 0 Å². The molecule has 0 bridgehead atoms. The highest BCUT2D eigenvalue weighted by Crippen LogP contribution is 2.32. The van der Waals surface area contributed by atoms with Gasteiger partial charge in [-0.15, -0.1) is 0 Å². The molecule has 0 fully saturated rings. The number of hydrogen-bond acceptors (Lipinski definition) is 2. The van der Waals surface area contributed by atoms with Crippen LogP contribution in [0.1, 0.15) is 33.6 Å². The van der Waals surface area contributed by atoms with E-state index in [2.05, 4.69) is 41.7 Å². The maximum absolute atomic E-state index is 13.5. The molecule has 0 spiro atoms. The van der Waals surface area contributed by atoms with Crippen molar-refractivity contribution in [1.29, 1.82) is 0 Å². The monoisotopic (exact) mass is 313 g/mol. The molecule has 98 valence electrons. The Morgan fingerprint density at radius 2 is 2.11 bits per heavy atom. The third-order valence-corrected chi connectivity index (χ3v) is 3.80. The number of aromatic nitrogens is 2. The quantitative estimate of drug-likeness (QED) is 0.928. The fourth-order valence-electron chi connectivity index (χ4n) is 2.45. The van der Waals surface area contributed by atoms with Crippen LogP contribution in [0.25, 0.3) is 11.0 Å². The topological polar surface area (TPSA) is 43.8 Å². The molecular formula is C13H17BrFN3. The second-order valence-corrected chi connectivity index (χ2v) is 5.98. The van der Waals surface area contributed by atoms with Crippen LogP contribution in [-0.2, 0) is 5.54 Å². The number of hydrogen-bond donors (Lipinski definition) is 1. The molecule has 18 heavy (non-hydrogen) atoms. The maximum Gasteiger partial charge on any atom is 0.201 e. The summed E-state index contributed by atoms with van der Waals surface area (Å²) in [4.78, 5) is 4.24. The normalized spacial score (nSPS) is 12.3. The molecule has 1 aromatic heterocycles. The summed E-state index contributed by atoms with van der Waals surface area (Å²) in [6.07, 6.45) is 2.03. The molecular weight excluding hydrogens is 297 g/mol. The van der Waals surface area contributed by atoms with Crippen LogP contribution in [-0.4, -0.2) is 9.55 Å². The Kier molecular flexibility index (Phi) is 3.36. The Balaban J connectivity index is 2.70. The van der Waals surface area contributed by atoms with E-state index < -0.39 is 0 Å². The Labute approximate surface area is 114 Å². The summed E-state index contributed by atoms with van der Waals surface area (Å²) in [6.45, 7) is 6.36. The van der Waals surface area contributed by atoms with E-state index in [4.69, 9.17) is 5.73 Å². The molecule has 2 aromatic rings. The number of benzene rings is 1. The van der Waals surface area contributed by atoms with Crippen LogP contribution in [0.5, 0.6) is 0 Å². The van der Waals surface area contributed by atoms with Gasteiger partial charge in [-0.05, 0) is 42.3 Å². The molecule has 2 N–H and O–H groups in total. The smallest absolute Gasteiger partial charge is 0.201 e. The summed E-state index contributed by atoms with van der Waals surface area (Å²) < 4.78 is 15.9. The van der Waals surface area contributed by atoms with Crippen molar-refractivity contribution in [3.63, 3.8) is 0 Å². The van der Waals surface area contributed by atoms with Gasteiger partial charge in [0.1, 0.15) is 5.82 Å². The lowest BCUT2D eigenvalue weighted by Crippen LogP contribution is -2.27. The minimum Gasteiger partial charge on any atom is -0.369 e. The molecule has 1 heterocycles. The first-order chi connectivity index (χ1) is 8.36. The number of anilines is 1. The zero-order valence-corrected chi connectivity index (χ0v) is 12.4. The van der Waals surface area contributed by atoms with E-state index in [0.717, 1.165) is 18.4 Å². The molecule has 1 aromatic carbocycles. The molecule has 3 nitrogen and oxygen atoms in total. The number of nitrogens with two attached hydrogens (primary N) is 1. The highest BCUT2D eigenvalue weighted by atomic mass is 79.9. The Morgan fingerprint density at radius 3 is 2.72 bits per heavy atom. The van der Waals surface area contributed by atoms with Crippen molar-refractivity contribution in [2.75, 3.05) is 5.73 Å². The van der Waals surface area contributed by atoms with Gasteiger partial charge < -0.3 is 10.3 Å². The van der Waals surface area contributed by atoms with Crippen molar-refractivity contribution in [3.05, 3.63) is 22.4 Å². The predicted octanol–water partition coefficient (Wildman–Crippen LogP) is 4.06. The molecule has 0 radical (unpaired) electrons. The molecule has 0 amide bonds. The highest BCUT2D eigenvalue weighted by Gasteiger charge is 2.24. The average Bonchev–Trinajstić information content (AvgIpc) is 2.55. The Hall–Kier alpha value is -1.10. The van der Waals surface area contributed by atoms with Gasteiger partial charge in [0, 0.05) is 11.6 Å². The summed E-state index contributed by atoms with van der Waals surface area (Å²) >= 11 is 3.21. The zero-order chi connectivity index (χ0) is 13.5. The van der Waals surface area contributed by atoms with Gasteiger partial charge in [-0.3, -0.25) is 0 Å². The van der Waals surface area contributed by atoms with Gasteiger partial charge in [0.25, 0.3) is 0 Å². The van der Waals surface area contributed by atoms with Gasteiger partial charge >= 0.3 is 0 Å². The van der Waals surface area contributed by atoms with Gasteiger partial charge in [-0.1, -0.05) is 13.3 Å². The minimum absolute atomic E-state index is 0.134. The summed E-state index contributed by atoms with van der Waals surface area (Å²) in [7, 11) is 0. The standard InChI is InChI=1S/C13H17BrFN3/c1-4-5-13(2,3)18-11-6-8(14)9(15)7-10(11)17-12(18)16/h6-7H,4-5H2,1-3H3,(H2,16,17). The van der Waals surface area contributed by atoms with Crippen molar-refractivity contribution in [1.82, 2.24) is 9.55 Å². The summed E-state index contributed by atoms with van der Waals surface area (Å²) in [5.74, 6) is 0.112. The first-order valence-electron chi connectivity index (χ1n) is 6.00. The second kappa shape index (κ2) is 4.53. The largest absolute Gasteiger partial charge is 0.369 e. The van der Waals surface area contributed by atoms with E-state index in [0.29, 0.717) is 15.9 Å². The minimum atomic E-state index is -0.319. The fraction of sp³-hybridized carbons (Fsp3) is 0.462. The third-order valence-electron chi connectivity index (χ3n) is 3.19. The molecule has 0 aliphatic carbocycles. The van der Waals surface area contributed by atoms with Crippen LogP contribution >= 0.6 is 15.9 Å². The van der Waals surface area contributed by atoms with Gasteiger partial charge in [-0.2, -0.15) is 0 Å². The van der Waals surface area contributed by atoms with Crippen LogP contribution in [0.15, 0.2) is 16.6 Å². The van der Waals surface area contributed by atoms with Crippen LogP contribution in [0.3, 0.4) is 0 Å². The van der Waals surface area contributed by atoms with E-state index >= 15 is 0 Å². The lowest BCUT2D eigenvalue weighted by Gasteiger charge is -2.28. The number of rotatable bonds is 3. The third kappa shape index (κ3) is 2.11. The molecule has 0 saturated carbocycles. The van der Waals surface area contributed by atoms with Gasteiger partial charge in [0.05, 0.1) is 15.5 Å². The van der Waals surface area contributed by atoms with Crippen molar-refractivity contribution < 1.29 is 4.39 Å². The number of halogens is 2. The number of fused-ring (bicyclic) bond motifs is 1. The molecule has 0 aliphatic rings. The Morgan fingerprint density at radius 1 is 1.44 bits per heavy atom. The lowest BCUT2D eigenvalue weighted by atomic mass is 9.98. The van der Waals surface area contributed by atoms with Crippen LogP contribution in [0.2, 0.25) is 0 Å². The maximum atomic E-state index is 13.5. The van der Waals surface area contributed by atoms with Crippen molar-refractivity contribution in [2.45, 2.75) is 39.2 Å². The van der Waals surface area contributed by atoms with Crippen LogP contribution in [0, 0.1) is 5.82 Å². The van der Waals surface area contributed by atoms with Crippen molar-refractivity contribution in [2.24, 2.45) is 0 Å². The van der Waals surface area contributed by atoms with Crippen molar-refractivity contribution in [3.8, 4) is 0 Å². The lowest BCUT2D eigenvalue weighted by molar-refractivity contribution is 0.338. The van der Waals surface area contributed by atoms with Gasteiger partial charge in [0.2, 0.25) is 5.95 Å². The predicted molar refractivity (Wildman–Crippen MR) is 76.0 cm³/mol. The second-order valence-electron chi connectivity index (χ2n) is 5.12. The summed E-state index contributed by atoms with van der Waals surface area (Å²) in [6, 6.07) is 3.15. The number of nitrogen functional groups attached to an aromatic ring is 1. The molecule has 0 atom stereocenters. The first-order valence-corrected chi connectivity index (χ1v) is 6.79. The fourth-order valence-corrected chi connectivity index (χ4v) is 2.78. The highest BCUT2D eigenvalue weighted by molar-refractivity contribution is 9.10. The summed E-state index contributed by atoms with van der Waals surface area (Å²) in [5, 5.41) is 0. The van der Waals surface area contributed by atoms with E-state index in [9.17, 15) is 4.39 Å². The molecule has 5 heteroatoms. The number of imidazole rings is 1. The average molecular weight is 314 g/mol. The van der Waals surface area contributed by atoms with Crippen LogP contribution in [0.4, 0.5) is 10.3 Å². The van der Waals surface area contributed by atoms with Crippen molar-refractivity contribution >= 4 is 32.9 Å². The molecule has 0 unspecified atom stereocenters. The van der Waals surface area contributed by atoms with Gasteiger partial charge in [-0.25, -0.2) is 9.37 Å². The van der Waals surface area contributed by atoms with E-state index in [1.165, 1.54) is 6.07 Å². The van der Waals surface area contributed by atoms with Crippen LogP contribution < -0.4 is 5.73 Å². The summed E-state index contributed by atoms with van der Waals surface area (Å²) in [5.41, 5.74) is 7.31. The number of nitrogens with zero attached hydrogens (tertiary/aromatic N) is 2. The first kappa shape index (κ1) is 13.3. The van der Waals surface area contributed by atoms with E-state index in [1.54, 1.807) is 6.07 Å². The molecule has 2 rings (SSSR count).